The highest BCUT2D eigenvalue weighted by molar-refractivity contribution is 5.78. The highest BCUT2D eigenvalue weighted by atomic mass is 16.2. The van der Waals surface area contributed by atoms with Crippen LogP contribution in [0.1, 0.15) is 19.5 Å². The lowest BCUT2D eigenvalue weighted by Crippen LogP contribution is -2.37. The Balaban J connectivity index is 2.28. The van der Waals surface area contributed by atoms with E-state index in [9.17, 15) is 4.79 Å². The van der Waals surface area contributed by atoms with Crippen molar-refractivity contribution in [3.05, 3.63) is 24.3 Å². The lowest BCUT2D eigenvalue weighted by Gasteiger charge is -2.18. The molecular weight excluding hydrogens is 204 g/mol. The number of hydrogen-bond acceptors (Lipinski definition) is 4. The predicted molar refractivity (Wildman–Crippen MR) is 61.7 cm³/mol. The summed E-state index contributed by atoms with van der Waals surface area (Å²) in [5.41, 5.74) is 0.842. The second kappa shape index (κ2) is 6.90. The largest absolute Gasteiger partial charge is 0.342 e. The summed E-state index contributed by atoms with van der Waals surface area (Å²) in [5, 5.41) is 3.06. The van der Waals surface area contributed by atoms with Crippen LogP contribution in [0.15, 0.2) is 18.6 Å². The van der Waals surface area contributed by atoms with Crippen LogP contribution in [0.3, 0.4) is 0 Å². The monoisotopic (exact) mass is 222 g/mol. The van der Waals surface area contributed by atoms with Gasteiger partial charge in [0, 0.05) is 38.2 Å². The van der Waals surface area contributed by atoms with E-state index in [-0.39, 0.29) is 5.91 Å². The Morgan fingerprint density at radius 2 is 2.12 bits per heavy atom. The third-order valence-corrected chi connectivity index (χ3v) is 2.32. The van der Waals surface area contributed by atoms with Gasteiger partial charge in [-0.2, -0.15) is 0 Å². The average Bonchev–Trinajstić information content (AvgIpc) is 2.32. The summed E-state index contributed by atoms with van der Waals surface area (Å²) >= 11 is 0. The first-order chi connectivity index (χ1) is 7.77. The van der Waals surface area contributed by atoms with Crippen LogP contribution >= 0.6 is 0 Å². The molecule has 0 fully saturated rings. The molecule has 1 heterocycles. The summed E-state index contributed by atoms with van der Waals surface area (Å²) in [6.45, 7) is 6.37. The molecule has 0 bridgehead atoms. The summed E-state index contributed by atoms with van der Waals surface area (Å²) in [6.07, 6.45) is 4.96. The highest BCUT2D eigenvalue weighted by Gasteiger charge is 2.08. The third kappa shape index (κ3) is 3.94. The van der Waals surface area contributed by atoms with Gasteiger partial charge >= 0.3 is 0 Å². The molecule has 1 aromatic rings. The number of nitrogens with one attached hydrogen (secondary N) is 1. The first kappa shape index (κ1) is 12.6. The molecule has 16 heavy (non-hydrogen) atoms. The van der Waals surface area contributed by atoms with Crippen molar-refractivity contribution in [2.24, 2.45) is 0 Å². The number of nitrogens with zero attached hydrogens (tertiary/aromatic N) is 3. The van der Waals surface area contributed by atoms with Crippen molar-refractivity contribution in [1.82, 2.24) is 20.2 Å². The Labute approximate surface area is 95.9 Å². The van der Waals surface area contributed by atoms with Gasteiger partial charge in [-0.15, -0.1) is 0 Å². The molecule has 0 unspecified atom stereocenters. The Bertz CT molecular complexity index is 311. The zero-order valence-electron chi connectivity index (χ0n) is 9.81. The van der Waals surface area contributed by atoms with E-state index in [0.717, 1.165) is 18.8 Å². The summed E-state index contributed by atoms with van der Waals surface area (Å²) in [5.74, 6) is 0.119. The van der Waals surface area contributed by atoms with Crippen LogP contribution in [0, 0.1) is 0 Å². The van der Waals surface area contributed by atoms with Crippen LogP contribution in [0.4, 0.5) is 0 Å². The van der Waals surface area contributed by atoms with Crippen LogP contribution in [-0.2, 0) is 11.3 Å². The quantitative estimate of drug-likeness (QED) is 0.758. The lowest BCUT2D eigenvalue weighted by molar-refractivity contribution is -0.129. The van der Waals surface area contributed by atoms with Gasteiger partial charge in [0.1, 0.15) is 0 Å². The minimum absolute atomic E-state index is 0.119. The molecule has 0 saturated heterocycles. The van der Waals surface area contributed by atoms with Gasteiger partial charge in [0.25, 0.3) is 0 Å². The third-order valence-electron chi connectivity index (χ3n) is 2.32. The van der Waals surface area contributed by atoms with Crippen molar-refractivity contribution in [3.8, 4) is 0 Å². The van der Waals surface area contributed by atoms with Crippen LogP contribution in [-0.4, -0.2) is 40.4 Å². The second-order valence-electron chi connectivity index (χ2n) is 3.37. The maximum absolute atomic E-state index is 11.6. The molecule has 0 aromatic carbocycles. The van der Waals surface area contributed by atoms with E-state index in [0.29, 0.717) is 13.1 Å². The van der Waals surface area contributed by atoms with Gasteiger partial charge in [-0.3, -0.25) is 14.8 Å². The fourth-order valence-corrected chi connectivity index (χ4v) is 1.41. The molecule has 0 spiro atoms. The van der Waals surface area contributed by atoms with E-state index in [4.69, 9.17) is 0 Å². The molecule has 0 atom stereocenters. The fraction of sp³-hybridized carbons (Fsp3) is 0.545. The smallest absolute Gasteiger partial charge is 0.236 e. The van der Waals surface area contributed by atoms with E-state index in [1.54, 1.807) is 23.5 Å². The Hall–Kier alpha value is -1.49. The normalized spacial score (nSPS) is 10.1. The van der Waals surface area contributed by atoms with Crippen molar-refractivity contribution >= 4 is 5.91 Å². The average molecular weight is 222 g/mol. The van der Waals surface area contributed by atoms with Gasteiger partial charge < -0.3 is 10.2 Å². The molecule has 0 aliphatic rings. The standard InChI is InChI=1S/C11H18N4O/c1-3-15(4-2)11(16)9-13-8-10-7-12-5-6-14-10/h5-7,13H,3-4,8-9H2,1-2H3. The van der Waals surface area contributed by atoms with Crippen molar-refractivity contribution in [2.75, 3.05) is 19.6 Å². The second-order valence-corrected chi connectivity index (χ2v) is 3.37. The van der Waals surface area contributed by atoms with E-state index in [1.165, 1.54) is 0 Å². The molecule has 1 N–H and O–H groups in total. The van der Waals surface area contributed by atoms with Crippen molar-refractivity contribution in [2.45, 2.75) is 20.4 Å². The molecular formula is C11H18N4O. The number of likely N-dealkylation sites (N-methyl/N-ethyl adjacent to an activating group) is 1. The number of amides is 1. The maximum atomic E-state index is 11.6. The van der Waals surface area contributed by atoms with Crippen molar-refractivity contribution < 1.29 is 4.79 Å². The Morgan fingerprint density at radius 1 is 1.38 bits per heavy atom. The number of hydrogen-bond donors (Lipinski definition) is 1. The number of rotatable bonds is 6. The topological polar surface area (TPSA) is 58.1 Å². The van der Waals surface area contributed by atoms with E-state index < -0.39 is 0 Å². The molecule has 1 rings (SSSR count). The van der Waals surface area contributed by atoms with Crippen LogP contribution in [0.2, 0.25) is 0 Å². The van der Waals surface area contributed by atoms with Crippen molar-refractivity contribution in [1.29, 1.82) is 0 Å². The van der Waals surface area contributed by atoms with E-state index >= 15 is 0 Å². The summed E-state index contributed by atoms with van der Waals surface area (Å²) in [4.78, 5) is 21.5. The Morgan fingerprint density at radius 3 is 2.69 bits per heavy atom. The van der Waals surface area contributed by atoms with Crippen LogP contribution < -0.4 is 5.32 Å². The van der Waals surface area contributed by atoms with Crippen molar-refractivity contribution in [3.63, 3.8) is 0 Å². The zero-order valence-corrected chi connectivity index (χ0v) is 9.81. The minimum Gasteiger partial charge on any atom is -0.342 e. The number of carbonyl (C=O) groups is 1. The fourth-order valence-electron chi connectivity index (χ4n) is 1.41. The maximum Gasteiger partial charge on any atom is 0.236 e. The summed E-state index contributed by atoms with van der Waals surface area (Å²) in [6, 6.07) is 0. The molecule has 88 valence electrons. The van der Waals surface area contributed by atoms with Crippen LogP contribution in [0.5, 0.6) is 0 Å². The molecule has 0 aliphatic carbocycles. The van der Waals surface area contributed by atoms with Gasteiger partial charge in [-0.25, -0.2) is 0 Å². The lowest BCUT2D eigenvalue weighted by atomic mass is 10.4. The molecule has 5 heteroatoms. The Kier molecular flexibility index (Phi) is 5.42. The van der Waals surface area contributed by atoms with Gasteiger partial charge in [0.2, 0.25) is 5.91 Å². The molecule has 0 saturated carbocycles. The van der Waals surface area contributed by atoms with Crippen LogP contribution in [0.25, 0.3) is 0 Å². The summed E-state index contributed by atoms with van der Waals surface area (Å²) < 4.78 is 0. The summed E-state index contributed by atoms with van der Waals surface area (Å²) in [7, 11) is 0. The zero-order chi connectivity index (χ0) is 11.8. The van der Waals surface area contributed by atoms with E-state index in [2.05, 4.69) is 15.3 Å². The molecule has 0 aliphatic heterocycles. The van der Waals surface area contributed by atoms with E-state index in [1.807, 2.05) is 13.8 Å². The first-order valence-corrected chi connectivity index (χ1v) is 5.51. The molecule has 0 radical (unpaired) electrons. The first-order valence-electron chi connectivity index (χ1n) is 5.51. The predicted octanol–water partition coefficient (Wildman–Crippen LogP) is 0.435. The van der Waals surface area contributed by atoms with Gasteiger partial charge in [-0.1, -0.05) is 0 Å². The van der Waals surface area contributed by atoms with Gasteiger partial charge in [0.05, 0.1) is 12.2 Å². The minimum atomic E-state index is 0.119. The molecule has 1 aromatic heterocycles. The molecule has 5 nitrogen and oxygen atoms in total. The van der Waals surface area contributed by atoms with Gasteiger partial charge in [0.15, 0.2) is 0 Å². The SMILES string of the molecule is CCN(CC)C(=O)CNCc1cnccn1. The highest BCUT2D eigenvalue weighted by Crippen LogP contribution is 1.90. The molecule has 1 amide bonds. The number of carbonyl (C=O) groups excluding carboxylic acids is 1. The number of aromatic nitrogens is 2. The van der Waals surface area contributed by atoms with Gasteiger partial charge in [-0.05, 0) is 13.8 Å².